The highest BCUT2D eigenvalue weighted by atomic mass is 15.2. The van der Waals surface area contributed by atoms with Gasteiger partial charge in [-0.15, -0.1) is 0 Å². The molecule has 0 amide bonds. The number of hydrogen-bond acceptors (Lipinski definition) is 2. The smallest absolute Gasteiger partial charge is 0.252 e. The third-order valence-electron chi connectivity index (χ3n) is 15.4. The lowest BCUT2D eigenvalue weighted by atomic mass is 9.33. The Morgan fingerprint density at radius 3 is 1.62 bits per heavy atom. The van der Waals surface area contributed by atoms with Crippen molar-refractivity contribution in [2.45, 2.75) is 131 Å². The molecular formula is C61H63BN4. The molecule has 6 aromatic carbocycles. The van der Waals surface area contributed by atoms with Gasteiger partial charge in [-0.3, -0.25) is 4.98 Å². The molecule has 0 bridgehead atoms. The molecule has 0 saturated carbocycles. The number of pyridine rings is 1. The van der Waals surface area contributed by atoms with E-state index in [-0.39, 0.29) is 33.8 Å². The predicted molar refractivity (Wildman–Crippen MR) is 286 cm³/mol. The standard InChI is InChI=1S/C61H63BN4/c1-57(2,3)34-18-23-39(24-19-34)64-47-27-22-37(60(10,11)12)32-43(47)62-44-33-38(61(13,14)15)31-41-40-29-35(58(4,5)6)20-25-45(40)66(53(41)44)55-49-42-30-36(59(7,8)9)21-26-46(42)65-48-17-16-28-63-52(48)50(54(49)65)56(64)51(55)62/h16-33H,1-15H3. The maximum Gasteiger partial charge on any atom is 0.252 e. The first kappa shape index (κ1) is 41.4. The van der Waals surface area contributed by atoms with Crippen LogP contribution >= 0.6 is 0 Å². The third-order valence-corrected chi connectivity index (χ3v) is 15.4. The minimum atomic E-state index is -0.0763. The minimum Gasteiger partial charge on any atom is -0.311 e. The maximum atomic E-state index is 5.37. The van der Waals surface area contributed by atoms with Crippen LogP contribution in [-0.2, 0) is 27.1 Å². The molecule has 0 N–H and O–H groups in total. The molecule has 2 aliphatic rings. The summed E-state index contributed by atoms with van der Waals surface area (Å²) in [6.07, 6.45) is 2.00. The van der Waals surface area contributed by atoms with Gasteiger partial charge in [-0.05, 0) is 132 Å². The molecule has 0 saturated heterocycles. The summed E-state index contributed by atoms with van der Waals surface area (Å²) in [6.45, 7) is 35.2. The highest BCUT2D eigenvalue weighted by Crippen LogP contribution is 2.53. The molecule has 10 aromatic rings. The molecule has 0 fully saturated rings. The summed E-state index contributed by atoms with van der Waals surface area (Å²) < 4.78 is 5.27. The molecule has 5 heteroatoms. The van der Waals surface area contributed by atoms with E-state index in [4.69, 9.17) is 4.98 Å². The van der Waals surface area contributed by atoms with Crippen LogP contribution in [0.15, 0.2) is 109 Å². The first-order chi connectivity index (χ1) is 30.9. The van der Waals surface area contributed by atoms with Gasteiger partial charge in [0.2, 0.25) is 0 Å². The highest BCUT2D eigenvalue weighted by molar-refractivity contribution is 7.01. The van der Waals surface area contributed by atoms with Crippen LogP contribution in [0, 0.1) is 0 Å². The van der Waals surface area contributed by atoms with Crippen molar-refractivity contribution in [1.29, 1.82) is 0 Å². The minimum absolute atomic E-state index is 0.00833. The lowest BCUT2D eigenvalue weighted by molar-refractivity contribution is 0.590. The van der Waals surface area contributed by atoms with Gasteiger partial charge in [0.25, 0.3) is 6.71 Å². The fourth-order valence-electron chi connectivity index (χ4n) is 11.7. The van der Waals surface area contributed by atoms with Gasteiger partial charge < -0.3 is 13.9 Å². The second-order valence-electron chi connectivity index (χ2n) is 25.0. The molecule has 0 aliphatic carbocycles. The topological polar surface area (TPSA) is 25.5 Å². The Hall–Kier alpha value is -6.07. The van der Waals surface area contributed by atoms with E-state index in [1.807, 2.05) is 6.20 Å². The van der Waals surface area contributed by atoms with Gasteiger partial charge in [0, 0.05) is 44.6 Å². The van der Waals surface area contributed by atoms with Gasteiger partial charge >= 0.3 is 0 Å². The number of benzene rings is 6. The van der Waals surface area contributed by atoms with Crippen molar-refractivity contribution in [2.75, 3.05) is 4.90 Å². The number of anilines is 3. The molecule has 66 heavy (non-hydrogen) atoms. The van der Waals surface area contributed by atoms with Crippen molar-refractivity contribution in [3.63, 3.8) is 0 Å². The molecular weight excluding hydrogens is 800 g/mol. The quantitative estimate of drug-likeness (QED) is 0.154. The molecule has 4 nitrogen and oxygen atoms in total. The number of aromatic nitrogens is 3. The van der Waals surface area contributed by atoms with Gasteiger partial charge in [-0.2, -0.15) is 0 Å². The van der Waals surface area contributed by atoms with Crippen molar-refractivity contribution >= 4 is 100 Å². The van der Waals surface area contributed by atoms with Crippen molar-refractivity contribution in [1.82, 2.24) is 14.0 Å². The van der Waals surface area contributed by atoms with Gasteiger partial charge in [-0.25, -0.2) is 0 Å². The predicted octanol–water partition coefficient (Wildman–Crippen LogP) is 14.4. The molecule has 6 heterocycles. The average Bonchev–Trinajstić information content (AvgIpc) is 3.88. The van der Waals surface area contributed by atoms with E-state index in [0.29, 0.717) is 0 Å². The van der Waals surface area contributed by atoms with E-state index in [1.54, 1.807) is 0 Å². The number of nitrogens with zero attached hydrogens (tertiary/aromatic N) is 4. The lowest BCUT2D eigenvalue weighted by Gasteiger charge is -2.42. The van der Waals surface area contributed by atoms with Crippen LogP contribution in [0.1, 0.15) is 132 Å². The summed E-state index contributed by atoms with van der Waals surface area (Å²) in [5.74, 6) is 0. The van der Waals surface area contributed by atoms with Gasteiger partial charge in [0.15, 0.2) is 0 Å². The lowest BCUT2D eigenvalue weighted by Crippen LogP contribution is -2.61. The molecule has 0 spiro atoms. The SMILES string of the molecule is CC(C)(C)c1ccc(N2c3ccc(C(C)(C)C)cc3B3c4c(c5c6cc(C(C)(C)C)ccc6n6c7cccnc7c(c42)c56)-n2c4ccc(C(C)(C)C)cc4c4cc(C(C)(C)C)cc3c42)cc1. The van der Waals surface area contributed by atoms with Crippen molar-refractivity contribution in [2.24, 2.45) is 0 Å². The summed E-state index contributed by atoms with van der Waals surface area (Å²) >= 11 is 0. The Balaban J connectivity index is 1.39. The Morgan fingerprint density at radius 1 is 0.439 bits per heavy atom. The number of hydrogen-bond donors (Lipinski definition) is 0. The molecule has 4 aromatic heterocycles. The zero-order chi connectivity index (χ0) is 46.5. The van der Waals surface area contributed by atoms with Crippen molar-refractivity contribution in [3.05, 3.63) is 137 Å². The summed E-state index contributed by atoms with van der Waals surface area (Å²) in [4.78, 5) is 8.00. The van der Waals surface area contributed by atoms with E-state index in [9.17, 15) is 0 Å². The van der Waals surface area contributed by atoms with Crippen LogP contribution in [0.4, 0.5) is 17.1 Å². The molecule has 0 radical (unpaired) electrons. The Morgan fingerprint density at radius 2 is 0.985 bits per heavy atom. The van der Waals surface area contributed by atoms with Crippen molar-refractivity contribution in [3.8, 4) is 5.69 Å². The van der Waals surface area contributed by atoms with Gasteiger partial charge in [-0.1, -0.05) is 146 Å². The Kier molecular flexibility index (Phi) is 8.07. The fourth-order valence-corrected chi connectivity index (χ4v) is 11.7. The van der Waals surface area contributed by atoms with Crippen LogP contribution < -0.4 is 21.3 Å². The molecule has 2 aliphatic heterocycles. The Bertz CT molecular complexity index is 3710. The maximum absolute atomic E-state index is 5.37. The van der Waals surface area contributed by atoms with Crippen LogP contribution in [0.3, 0.4) is 0 Å². The molecule has 0 unspecified atom stereocenters. The first-order valence-corrected chi connectivity index (χ1v) is 24.3. The molecule has 0 atom stereocenters. The second kappa shape index (κ2) is 12.9. The van der Waals surface area contributed by atoms with E-state index in [2.05, 4.69) is 221 Å². The largest absolute Gasteiger partial charge is 0.311 e. The van der Waals surface area contributed by atoms with Crippen LogP contribution in [-0.4, -0.2) is 20.7 Å². The zero-order valence-electron chi connectivity index (χ0n) is 41.8. The normalized spacial score (nSPS) is 14.5. The summed E-state index contributed by atoms with van der Waals surface area (Å²) in [6, 6.07) is 41.0. The van der Waals surface area contributed by atoms with E-state index in [1.165, 1.54) is 110 Å². The van der Waals surface area contributed by atoms with Gasteiger partial charge in [0.1, 0.15) is 0 Å². The average molecular weight is 863 g/mol. The molecule has 330 valence electrons. The van der Waals surface area contributed by atoms with E-state index >= 15 is 0 Å². The van der Waals surface area contributed by atoms with Gasteiger partial charge in [0.05, 0.1) is 44.3 Å². The highest BCUT2D eigenvalue weighted by Gasteiger charge is 2.46. The number of fused-ring (bicyclic) bond motifs is 15. The van der Waals surface area contributed by atoms with Crippen LogP contribution in [0.5, 0.6) is 0 Å². The third kappa shape index (κ3) is 5.55. The second-order valence-corrected chi connectivity index (χ2v) is 25.0. The van der Waals surface area contributed by atoms with Crippen LogP contribution in [0.25, 0.3) is 65.7 Å². The Labute approximate surface area is 391 Å². The van der Waals surface area contributed by atoms with E-state index in [0.717, 1.165) is 16.7 Å². The fraction of sp³-hybridized carbons (Fsp3) is 0.328. The van der Waals surface area contributed by atoms with Crippen molar-refractivity contribution < 1.29 is 0 Å². The molecule has 12 rings (SSSR count). The zero-order valence-corrected chi connectivity index (χ0v) is 41.8. The number of rotatable bonds is 1. The summed E-state index contributed by atoms with van der Waals surface area (Å²) in [5.41, 5.74) is 22.9. The summed E-state index contributed by atoms with van der Waals surface area (Å²) in [5, 5.41) is 6.51. The van der Waals surface area contributed by atoms with Crippen LogP contribution in [0.2, 0.25) is 0 Å². The first-order valence-electron chi connectivity index (χ1n) is 24.3. The van der Waals surface area contributed by atoms with E-state index < -0.39 is 0 Å². The summed E-state index contributed by atoms with van der Waals surface area (Å²) in [7, 11) is 0. The monoisotopic (exact) mass is 863 g/mol.